The molecule has 2 aromatic rings. The van der Waals surface area contributed by atoms with E-state index in [4.69, 9.17) is 5.73 Å². The molecule has 1 aromatic heterocycles. The summed E-state index contributed by atoms with van der Waals surface area (Å²) >= 11 is 3.36. The van der Waals surface area contributed by atoms with Crippen molar-refractivity contribution in [1.29, 1.82) is 0 Å². The van der Waals surface area contributed by atoms with E-state index in [-0.39, 0.29) is 6.04 Å². The van der Waals surface area contributed by atoms with E-state index in [1.807, 2.05) is 36.4 Å². The summed E-state index contributed by atoms with van der Waals surface area (Å²) in [7, 11) is 0. The highest BCUT2D eigenvalue weighted by Crippen LogP contribution is 2.23. The fourth-order valence-corrected chi connectivity index (χ4v) is 1.90. The van der Waals surface area contributed by atoms with Crippen LogP contribution in [0.2, 0.25) is 0 Å². The first-order chi connectivity index (χ1) is 8.16. The Bertz CT molecular complexity index is 496. The summed E-state index contributed by atoms with van der Waals surface area (Å²) in [4.78, 5) is 4.27. The SMILES string of the molecule is CC(Nc1ccc(Br)cn1)c1ccccc1N. The Kier molecular flexibility index (Phi) is 3.64. The molecule has 1 aromatic carbocycles. The minimum Gasteiger partial charge on any atom is -0.398 e. The van der Waals surface area contributed by atoms with Gasteiger partial charge in [0.25, 0.3) is 0 Å². The molecule has 0 amide bonds. The van der Waals surface area contributed by atoms with Gasteiger partial charge in [-0.3, -0.25) is 0 Å². The Morgan fingerprint density at radius 3 is 2.65 bits per heavy atom. The van der Waals surface area contributed by atoms with Crippen LogP contribution in [0.25, 0.3) is 0 Å². The summed E-state index contributed by atoms with van der Waals surface area (Å²) in [5, 5.41) is 3.31. The minimum absolute atomic E-state index is 0.130. The first kappa shape index (κ1) is 11.9. The first-order valence-electron chi connectivity index (χ1n) is 5.39. The van der Waals surface area contributed by atoms with E-state index < -0.39 is 0 Å². The van der Waals surface area contributed by atoms with Crippen molar-refractivity contribution in [3.8, 4) is 0 Å². The highest BCUT2D eigenvalue weighted by molar-refractivity contribution is 9.10. The third kappa shape index (κ3) is 2.97. The van der Waals surface area contributed by atoms with Gasteiger partial charge in [0.1, 0.15) is 5.82 Å². The van der Waals surface area contributed by atoms with Gasteiger partial charge in [-0.25, -0.2) is 4.98 Å². The van der Waals surface area contributed by atoms with Crippen LogP contribution in [0.5, 0.6) is 0 Å². The van der Waals surface area contributed by atoms with Crippen molar-refractivity contribution in [3.05, 3.63) is 52.6 Å². The van der Waals surface area contributed by atoms with Crippen LogP contribution in [0.1, 0.15) is 18.5 Å². The van der Waals surface area contributed by atoms with E-state index in [1.165, 1.54) is 0 Å². The van der Waals surface area contributed by atoms with Crippen molar-refractivity contribution in [1.82, 2.24) is 4.98 Å². The molecule has 0 aliphatic rings. The van der Waals surface area contributed by atoms with Crippen LogP contribution in [0, 0.1) is 0 Å². The fourth-order valence-electron chi connectivity index (χ4n) is 1.67. The zero-order valence-electron chi connectivity index (χ0n) is 9.52. The maximum atomic E-state index is 5.93. The molecule has 3 N–H and O–H groups in total. The number of nitrogens with two attached hydrogens (primary N) is 1. The summed E-state index contributed by atoms with van der Waals surface area (Å²) in [5.41, 5.74) is 7.81. The number of halogens is 1. The number of hydrogen-bond donors (Lipinski definition) is 2. The number of nitrogen functional groups attached to an aromatic ring is 1. The molecule has 0 aliphatic carbocycles. The van der Waals surface area contributed by atoms with E-state index in [0.29, 0.717) is 0 Å². The second-order valence-electron chi connectivity index (χ2n) is 3.86. The molecule has 0 fully saturated rings. The monoisotopic (exact) mass is 291 g/mol. The molecule has 17 heavy (non-hydrogen) atoms. The second kappa shape index (κ2) is 5.19. The van der Waals surface area contributed by atoms with E-state index >= 15 is 0 Å². The first-order valence-corrected chi connectivity index (χ1v) is 6.18. The third-order valence-corrected chi connectivity index (χ3v) is 3.02. The van der Waals surface area contributed by atoms with E-state index in [9.17, 15) is 0 Å². The highest BCUT2D eigenvalue weighted by atomic mass is 79.9. The average molecular weight is 292 g/mol. The molecule has 1 unspecified atom stereocenters. The lowest BCUT2D eigenvalue weighted by Crippen LogP contribution is -2.09. The number of nitrogens with zero attached hydrogens (tertiary/aromatic N) is 1. The largest absolute Gasteiger partial charge is 0.398 e. The molecule has 0 aliphatic heterocycles. The molecular formula is C13H14BrN3. The lowest BCUT2D eigenvalue weighted by molar-refractivity contribution is 0.877. The van der Waals surface area contributed by atoms with Gasteiger partial charge < -0.3 is 11.1 Å². The van der Waals surface area contributed by atoms with Gasteiger partial charge in [-0.05, 0) is 46.6 Å². The normalized spacial score (nSPS) is 12.1. The number of pyridine rings is 1. The van der Waals surface area contributed by atoms with E-state index in [1.54, 1.807) is 6.20 Å². The molecule has 0 bridgehead atoms. The van der Waals surface area contributed by atoms with E-state index in [0.717, 1.165) is 21.5 Å². The van der Waals surface area contributed by atoms with Crippen molar-refractivity contribution in [2.24, 2.45) is 0 Å². The summed E-state index contributed by atoms with van der Waals surface area (Å²) in [5.74, 6) is 0.837. The molecule has 4 heteroatoms. The predicted octanol–water partition coefficient (Wildman–Crippen LogP) is 3.60. The van der Waals surface area contributed by atoms with Crippen molar-refractivity contribution in [2.75, 3.05) is 11.1 Å². The predicted molar refractivity (Wildman–Crippen MR) is 74.8 cm³/mol. The molecule has 1 atom stereocenters. The summed E-state index contributed by atoms with van der Waals surface area (Å²) in [6.45, 7) is 2.06. The topological polar surface area (TPSA) is 50.9 Å². The van der Waals surface area contributed by atoms with Crippen LogP contribution in [0.3, 0.4) is 0 Å². The molecule has 0 spiro atoms. The molecule has 0 radical (unpaired) electrons. The lowest BCUT2D eigenvalue weighted by atomic mass is 10.1. The molecule has 3 nitrogen and oxygen atoms in total. The van der Waals surface area contributed by atoms with Crippen molar-refractivity contribution in [2.45, 2.75) is 13.0 Å². The number of anilines is 2. The Labute approximate surface area is 109 Å². The quantitative estimate of drug-likeness (QED) is 0.850. The minimum atomic E-state index is 0.130. The smallest absolute Gasteiger partial charge is 0.126 e. The van der Waals surface area contributed by atoms with Gasteiger partial charge in [0, 0.05) is 16.4 Å². The third-order valence-electron chi connectivity index (χ3n) is 2.55. The van der Waals surface area contributed by atoms with Crippen LogP contribution in [-0.2, 0) is 0 Å². The number of para-hydroxylation sites is 1. The fraction of sp³-hybridized carbons (Fsp3) is 0.154. The number of rotatable bonds is 3. The molecule has 88 valence electrons. The number of benzene rings is 1. The Balaban J connectivity index is 2.14. The van der Waals surface area contributed by atoms with Crippen LogP contribution in [0.4, 0.5) is 11.5 Å². The number of aromatic nitrogens is 1. The van der Waals surface area contributed by atoms with Crippen LogP contribution < -0.4 is 11.1 Å². The molecule has 1 heterocycles. The summed E-state index contributed by atoms with van der Waals surface area (Å²) in [6, 6.07) is 11.9. The standard InChI is InChI=1S/C13H14BrN3/c1-9(11-4-2-3-5-12(11)15)17-13-7-6-10(14)8-16-13/h2-9H,15H2,1H3,(H,16,17). The van der Waals surface area contributed by atoms with Gasteiger partial charge in [-0.1, -0.05) is 18.2 Å². The van der Waals surface area contributed by atoms with Crippen LogP contribution in [0.15, 0.2) is 47.1 Å². The van der Waals surface area contributed by atoms with Gasteiger partial charge in [0.2, 0.25) is 0 Å². The van der Waals surface area contributed by atoms with Crippen LogP contribution in [-0.4, -0.2) is 4.98 Å². The zero-order valence-corrected chi connectivity index (χ0v) is 11.1. The zero-order chi connectivity index (χ0) is 12.3. The van der Waals surface area contributed by atoms with E-state index in [2.05, 4.69) is 33.2 Å². The highest BCUT2D eigenvalue weighted by Gasteiger charge is 2.08. The molecular weight excluding hydrogens is 278 g/mol. The molecule has 2 rings (SSSR count). The summed E-state index contributed by atoms with van der Waals surface area (Å²) in [6.07, 6.45) is 1.77. The Morgan fingerprint density at radius 2 is 2.00 bits per heavy atom. The van der Waals surface area contributed by atoms with Gasteiger partial charge in [-0.2, -0.15) is 0 Å². The van der Waals surface area contributed by atoms with Crippen molar-refractivity contribution < 1.29 is 0 Å². The van der Waals surface area contributed by atoms with Crippen molar-refractivity contribution in [3.63, 3.8) is 0 Å². The van der Waals surface area contributed by atoms with Crippen LogP contribution >= 0.6 is 15.9 Å². The van der Waals surface area contributed by atoms with Crippen molar-refractivity contribution >= 4 is 27.4 Å². The maximum absolute atomic E-state index is 5.93. The number of nitrogens with one attached hydrogen (secondary N) is 1. The maximum Gasteiger partial charge on any atom is 0.126 e. The summed E-state index contributed by atoms with van der Waals surface area (Å²) < 4.78 is 0.968. The van der Waals surface area contributed by atoms with Gasteiger partial charge in [0.05, 0.1) is 6.04 Å². The lowest BCUT2D eigenvalue weighted by Gasteiger charge is -2.16. The Morgan fingerprint density at radius 1 is 1.24 bits per heavy atom. The Hall–Kier alpha value is -1.55. The molecule has 0 saturated carbocycles. The van der Waals surface area contributed by atoms with Gasteiger partial charge in [-0.15, -0.1) is 0 Å². The van der Waals surface area contributed by atoms with Gasteiger partial charge in [0.15, 0.2) is 0 Å². The average Bonchev–Trinajstić information content (AvgIpc) is 2.32. The second-order valence-corrected chi connectivity index (χ2v) is 4.77. The van der Waals surface area contributed by atoms with Gasteiger partial charge >= 0.3 is 0 Å². The number of hydrogen-bond acceptors (Lipinski definition) is 3. The molecule has 0 saturated heterocycles.